The molecule has 0 atom stereocenters. The molecule has 0 saturated carbocycles. The maximum atomic E-state index is 13.0. The number of pyridine rings is 1. The molecule has 138 valence electrons. The smallest absolute Gasteiger partial charge is 0.173 e. The summed E-state index contributed by atoms with van der Waals surface area (Å²) >= 11 is 1.50. The van der Waals surface area contributed by atoms with Gasteiger partial charge >= 0.3 is 0 Å². The summed E-state index contributed by atoms with van der Waals surface area (Å²) in [6.07, 6.45) is 5.65. The van der Waals surface area contributed by atoms with Crippen molar-refractivity contribution >= 4 is 33.7 Å². The Kier molecular flexibility index (Phi) is 3.80. The summed E-state index contributed by atoms with van der Waals surface area (Å²) in [6, 6.07) is 8.04. The average Bonchev–Trinajstić information content (AvgIpc) is 3.41. The fourth-order valence-corrected chi connectivity index (χ4v) is 4.11. The van der Waals surface area contributed by atoms with Crippen molar-refractivity contribution in [2.24, 2.45) is 7.05 Å². The summed E-state index contributed by atoms with van der Waals surface area (Å²) in [5.74, 6) is -0.0178. The second-order valence-corrected chi connectivity index (χ2v) is 7.67. The van der Waals surface area contributed by atoms with Crippen molar-refractivity contribution < 1.29 is 4.79 Å². The number of benzene rings is 1. The molecule has 0 aliphatic carbocycles. The molecule has 0 amide bonds. The molecule has 4 aromatic heterocycles. The number of aromatic nitrogens is 6. The Morgan fingerprint density at radius 1 is 1.21 bits per heavy atom. The van der Waals surface area contributed by atoms with Crippen LogP contribution in [0, 0.1) is 6.92 Å². The van der Waals surface area contributed by atoms with Crippen LogP contribution in [0.25, 0.3) is 27.7 Å². The molecule has 0 spiro atoms. The van der Waals surface area contributed by atoms with Gasteiger partial charge in [-0.2, -0.15) is 5.10 Å². The summed E-state index contributed by atoms with van der Waals surface area (Å²) in [6.45, 7) is 1.93. The highest BCUT2D eigenvalue weighted by atomic mass is 32.1. The maximum absolute atomic E-state index is 13.0. The summed E-state index contributed by atoms with van der Waals surface area (Å²) in [7, 11) is 1.92. The number of carbonyl (C=O) groups is 1. The molecule has 0 unspecified atom stereocenters. The minimum atomic E-state index is -0.0178. The van der Waals surface area contributed by atoms with Crippen molar-refractivity contribution in [2.45, 2.75) is 13.3 Å². The largest absolute Gasteiger partial charge is 0.294 e. The van der Waals surface area contributed by atoms with Crippen LogP contribution in [0.4, 0.5) is 0 Å². The third-order valence-corrected chi connectivity index (χ3v) is 5.72. The van der Waals surface area contributed by atoms with Crippen LogP contribution >= 0.6 is 11.3 Å². The molecule has 0 radical (unpaired) electrons. The van der Waals surface area contributed by atoms with Gasteiger partial charge in [0.1, 0.15) is 11.3 Å². The Morgan fingerprint density at radius 3 is 2.93 bits per heavy atom. The zero-order valence-electron chi connectivity index (χ0n) is 15.3. The van der Waals surface area contributed by atoms with Gasteiger partial charge in [0.15, 0.2) is 11.4 Å². The first kappa shape index (κ1) is 16.8. The van der Waals surface area contributed by atoms with Gasteiger partial charge in [-0.15, -0.1) is 21.5 Å². The summed E-state index contributed by atoms with van der Waals surface area (Å²) in [4.78, 5) is 17.4. The van der Waals surface area contributed by atoms with Gasteiger partial charge in [-0.1, -0.05) is 12.1 Å². The van der Waals surface area contributed by atoms with E-state index in [2.05, 4.69) is 26.3 Å². The fourth-order valence-electron chi connectivity index (χ4n) is 3.34. The van der Waals surface area contributed by atoms with Gasteiger partial charge in [-0.25, -0.2) is 4.98 Å². The molecule has 5 aromatic rings. The lowest BCUT2D eigenvalue weighted by atomic mass is 10.0. The Balaban J connectivity index is 1.62. The molecule has 0 N–H and O–H groups in total. The minimum absolute atomic E-state index is 0.0178. The number of rotatable bonds is 4. The number of fused-ring (bicyclic) bond motifs is 2. The third kappa shape index (κ3) is 2.78. The lowest BCUT2D eigenvalue weighted by molar-refractivity contribution is 0.0994. The zero-order chi connectivity index (χ0) is 19.3. The van der Waals surface area contributed by atoms with Crippen molar-refractivity contribution in [1.82, 2.24) is 29.4 Å². The Bertz CT molecular complexity index is 1350. The predicted molar refractivity (Wildman–Crippen MR) is 108 cm³/mol. The van der Waals surface area contributed by atoms with E-state index in [0.717, 1.165) is 32.7 Å². The predicted octanol–water partition coefficient (Wildman–Crippen LogP) is 3.47. The Morgan fingerprint density at radius 2 is 2.11 bits per heavy atom. The lowest BCUT2D eigenvalue weighted by Crippen LogP contribution is -2.07. The van der Waals surface area contributed by atoms with Crippen LogP contribution in [-0.4, -0.2) is 35.1 Å². The number of nitrogens with zero attached hydrogens (tertiary/aromatic N) is 6. The van der Waals surface area contributed by atoms with E-state index in [1.54, 1.807) is 10.7 Å². The van der Waals surface area contributed by atoms with Gasteiger partial charge in [-0.05, 0) is 30.2 Å². The van der Waals surface area contributed by atoms with Gasteiger partial charge < -0.3 is 0 Å². The molecule has 28 heavy (non-hydrogen) atoms. The molecule has 0 aliphatic rings. The van der Waals surface area contributed by atoms with E-state index in [0.29, 0.717) is 11.2 Å². The quantitative estimate of drug-likeness (QED) is 0.441. The van der Waals surface area contributed by atoms with Crippen LogP contribution in [-0.2, 0) is 13.5 Å². The average molecular weight is 388 g/mol. The van der Waals surface area contributed by atoms with Crippen LogP contribution in [0.5, 0.6) is 0 Å². The highest BCUT2D eigenvalue weighted by molar-refractivity contribution is 7.09. The number of ketones is 1. The van der Waals surface area contributed by atoms with Gasteiger partial charge in [0.05, 0.1) is 23.7 Å². The maximum Gasteiger partial charge on any atom is 0.173 e. The van der Waals surface area contributed by atoms with Crippen LogP contribution in [0.15, 0.2) is 48.4 Å². The molecule has 0 bridgehead atoms. The standard InChI is InChI=1S/C20H16N6OS/c1-12-10-28-19(23-12)7-18(27)16-5-15(9-26-11-21-24-20(16)26)13-3-4-14-8-22-25(2)17(14)6-13/h3-6,8-11H,7H2,1-2H3. The van der Waals surface area contributed by atoms with Gasteiger partial charge in [0.25, 0.3) is 0 Å². The number of Topliss-reactive ketones (excluding diaryl/α,β-unsaturated/α-hetero) is 1. The van der Waals surface area contributed by atoms with Crippen LogP contribution in [0.3, 0.4) is 0 Å². The van der Waals surface area contributed by atoms with E-state index < -0.39 is 0 Å². The SMILES string of the molecule is Cc1csc(CC(=O)c2cc(-c3ccc4cnn(C)c4c3)cn3cnnc23)n1. The Hall–Kier alpha value is -3.39. The van der Waals surface area contributed by atoms with E-state index in [9.17, 15) is 4.79 Å². The number of aryl methyl sites for hydroxylation is 2. The number of thiazole rings is 1. The highest BCUT2D eigenvalue weighted by Crippen LogP contribution is 2.27. The van der Waals surface area contributed by atoms with E-state index in [1.165, 1.54) is 11.3 Å². The lowest BCUT2D eigenvalue weighted by Gasteiger charge is -2.08. The van der Waals surface area contributed by atoms with E-state index in [4.69, 9.17) is 0 Å². The van der Waals surface area contributed by atoms with Crippen molar-refractivity contribution in [1.29, 1.82) is 0 Å². The number of hydrogen-bond acceptors (Lipinski definition) is 6. The third-order valence-electron chi connectivity index (χ3n) is 4.75. The van der Waals surface area contributed by atoms with Gasteiger partial charge in [0.2, 0.25) is 0 Å². The molecule has 0 saturated heterocycles. The van der Waals surface area contributed by atoms with Crippen molar-refractivity contribution in [3.63, 3.8) is 0 Å². The van der Waals surface area contributed by atoms with Crippen LogP contribution in [0.1, 0.15) is 21.1 Å². The van der Waals surface area contributed by atoms with E-state index in [-0.39, 0.29) is 12.2 Å². The second-order valence-electron chi connectivity index (χ2n) is 6.73. The highest BCUT2D eigenvalue weighted by Gasteiger charge is 2.17. The molecular formula is C20H16N6OS. The van der Waals surface area contributed by atoms with E-state index >= 15 is 0 Å². The Labute approximate surface area is 164 Å². The van der Waals surface area contributed by atoms with Gasteiger partial charge in [0, 0.05) is 29.7 Å². The van der Waals surface area contributed by atoms with Crippen LogP contribution < -0.4 is 0 Å². The zero-order valence-corrected chi connectivity index (χ0v) is 16.1. The first-order valence-corrected chi connectivity index (χ1v) is 9.66. The first-order valence-electron chi connectivity index (χ1n) is 8.78. The molecule has 1 aromatic carbocycles. The molecule has 5 rings (SSSR count). The molecule has 7 nitrogen and oxygen atoms in total. The first-order chi connectivity index (χ1) is 13.6. The molecular weight excluding hydrogens is 372 g/mol. The monoisotopic (exact) mass is 388 g/mol. The molecule has 8 heteroatoms. The van der Waals surface area contributed by atoms with Crippen molar-refractivity contribution in [3.8, 4) is 11.1 Å². The summed E-state index contributed by atoms with van der Waals surface area (Å²) in [5.41, 5.74) is 5.00. The molecule has 4 heterocycles. The minimum Gasteiger partial charge on any atom is -0.294 e. The summed E-state index contributed by atoms with van der Waals surface area (Å²) in [5, 5.41) is 16.3. The molecule has 0 fully saturated rings. The van der Waals surface area contributed by atoms with Crippen molar-refractivity contribution in [3.05, 3.63) is 64.6 Å². The van der Waals surface area contributed by atoms with E-state index in [1.807, 2.05) is 54.6 Å². The number of hydrogen-bond donors (Lipinski definition) is 0. The van der Waals surface area contributed by atoms with Gasteiger partial charge in [-0.3, -0.25) is 13.9 Å². The topological polar surface area (TPSA) is 78.0 Å². The number of carbonyl (C=O) groups excluding carboxylic acids is 1. The van der Waals surface area contributed by atoms with Crippen LogP contribution in [0.2, 0.25) is 0 Å². The normalized spacial score (nSPS) is 11.5. The molecule has 0 aliphatic heterocycles. The second kappa shape index (κ2) is 6.35. The van der Waals surface area contributed by atoms with Crippen molar-refractivity contribution in [2.75, 3.05) is 0 Å². The fraction of sp³-hybridized carbons (Fsp3) is 0.150. The summed E-state index contributed by atoms with van der Waals surface area (Å²) < 4.78 is 3.64.